The SMILES string of the molecule is O=C(Cc1ccn(-c2ccccc2)n1)Nc1ccc(C(=O)O)cc1F. The van der Waals surface area contributed by atoms with E-state index in [1.54, 1.807) is 16.9 Å². The molecule has 25 heavy (non-hydrogen) atoms. The number of carboxylic acid groups (broad SMARTS) is 1. The Morgan fingerprint density at radius 3 is 2.56 bits per heavy atom. The van der Waals surface area contributed by atoms with Gasteiger partial charge in [-0.15, -0.1) is 0 Å². The molecule has 0 saturated carbocycles. The molecule has 0 aliphatic heterocycles. The van der Waals surface area contributed by atoms with Crippen molar-refractivity contribution in [3.8, 4) is 5.69 Å². The molecule has 0 radical (unpaired) electrons. The number of rotatable bonds is 5. The van der Waals surface area contributed by atoms with Crippen LogP contribution >= 0.6 is 0 Å². The molecule has 1 amide bonds. The van der Waals surface area contributed by atoms with Crippen LogP contribution in [0.5, 0.6) is 0 Å². The Hall–Kier alpha value is -3.48. The number of halogens is 1. The summed E-state index contributed by atoms with van der Waals surface area (Å²) in [6, 6.07) is 14.4. The molecule has 0 fully saturated rings. The van der Waals surface area contributed by atoms with E-state index in [4.69, 9.17) is 5.11 Å². The second-order valence-electron chi connectivity index (χ2n) is 5.31. The van der Waals surface area contributed by atoms with Crippen LogP contribution in [0.3, 0.4) is 0 Å². The molecule has 2 aromatic carbocycles. The van der Waals surface area contributed by atoms with Gasteiger partial charge >= 0.3 is 5.97 Å². The molecule has 6 nitrogen and oxygen atoms in total. The van der Waals surface area contributed by atoms with Gasteiger partial charge in [0, 0.05) is 6.20 Å². The monoisotopic (exact) mass is 339 g/mol. The Labute approximate surface area is 142 Å². The molecule has 0 aliphatic rings. The minimum absolute atomic E-state index is 0.0278. The molecule has 1 aromatic heterocycles. The van der Waals surface area contributed by atoms with Crippen LogP contribution in [-0.2, 0) is 11.2 Å². The minimum atomic E-state index is -1.23. The summed E-state index contributed by atoms with van der Waals surface area (Å²) >= 11 is 0. The number of amides is 1. The van der Waals surface area contributed by atoms with Gasteiger partial charge in [-0.1, -0.05) is 18.2 Å². The van der Waals surface area contributed by atoms with E-state index in [-0.39, 0.29) is 17.7 Å². The second-order valence-corrected chi connectivity index (χ2v) is 5.31. The average Bonchev–Trinajstić information content (AvgIpc) is 3.05. The number of carbonyl (C=O) groups is 2. The summed E-state index contributed by atoms with van der Waals surface area (Å²) in [5.41, 5.74) is 1.14. The topological polar surface area (TPSA) is 84.2 Å². The second kappa shape index (κ2) is 6.96. The number of carbonyl (C=O) groups excluding carboxylic acids is 1. The first-order valence-electron chi connectivity index (χ1n) is 7.45. The lowest BCUT2D eigenvalue weighted by Crippen LogP contribution is -2.16. The van der Waals surface area contributed by atoms with Gasteiger partial charge in [-0.2, -0.15) is 5.10 Å². The number of para-hydroxylation sites is 1. The van der Waals surface area contributed by atoms with E-state index in [1.807, 2.05) is 30.3 Å². The summed E-state index contributed by atoms with van der Waals surface area (Å²) in [6.07, 6.45) is 1.71. The third-order valence-electron chi connectivity index (χ3n) is 3.50. The predicted molar refractivity (Wildman–Crippen MR) is 89.3 cm³/mol. The third-order valence-corrected chi connectivity index (χ3v) is 3.50. The first-order valence-corrected chi connectivity index (χ1v) is 7.45. The van der Waals surface area contributed by atoms with Crippen molar-refractivity contribution in [3.63, 3.8) is 0 Å². The zero-order chi connectivity index (χ0) is 17.8. The van der Waals surface area contributed by atoms with E-state index in [0.717, 1.165) is 11.8 Å². The smallest absolute Gasteiger partial charge is 0.335 e. The van der Waals surface area contributed by atoms with Crippen molar-refractivity contribution >= 4 is 17.6 Å². The minimum Gasteiger partial charge on any atom is -0.478 e. The van der Waals surface area contributed by atoms with Crippen molar-refractivity contribution in [3.05, 3.63) is 77.9 Å². The summed E-state index contributed by atoms with van der Waals surface area (Å²) in [5.74, 6) is -2.48. The highest BCUT2D eigenvalue weighted by atomic mass is 19.1. The summed E-state index contributed by atoms with van der Waals surface area (Å²) in [7, 11) is 0. The number of hydrogen-bond acceptors (Lipinski definition) is 3. The molecule has 0 spiro atoms. The van der Waals surface area contributed by atoms with E-state index >= 15 is 0 Å². The maximum Gasteiger partial charge on any atom is 0.335 e. The Morgan fingerprint density at radius 2 is 1.88 bits per heavy atom. The van der Waals surface area contributed by atoms with E-state index < -0.39 is 17.7 Å². The number of carboxylic acids is 1. The van der Waals surface area contributed by atoms with Crippen molar-refractivity contribution in [2.24, 2.45) is 0 Å². The molecule has 0 atom stereocenters. The van der Waals surface area contributed by atoms with Crippen LogP contribution in [0, 0.1) is 5.82 Å². The molecule has 0 saturated heterocycles. The average molecular weight is 339 g/mol. The number of aromatic carboxylic acids is 1. The number of nitrogens with one attached hydrogen (secondary N) is 1. The molecule has 3 aromatic rings. The first kappa shape index (κ1) is 16.4. The lowest BCUT2D eigenvalue weighted by atomic mass is 10.2. The summed E-state index contributed by atoms with van der Waals surface area (Å²) < 4.78 is 15.5. The van der Waals surface area contributed by atoms with Crippen LogP contribution in [-0.4, -0.2) is 26.8 Å². The van der Waals surface area contributed by atoms with Gasteiger partial charge in [0.25, 0.3) is 0 Å². The molecule has 0 aliphatic carbocycles. The molecule has 2 N–H and O–H groups in total. The molecule has 126 valence electrons. The van der Waals surface area contributed by atoms with Crippen LogP contribution in [0.1, 0.15) is 16.1 Å². The Balaban J connectivity index is 1.67. The van der Waals surface area contributed by atoms with E-state index in [0.29, 0.717) is 5.69 Å². The fourth-order valence-corrected chi connectivity index (χ4v) is 2.29. The maximum absolute atomic E-state index is 13.8. The number of hydrogen-bond donors (Lipinski definition) is 2. The Bertz CT molecular complexity index is 922. The van der Waals surface area contributed by atoms with E-state index in [1.165, 1.54) is 12.1 Å². The highest BCUT2D eigenvalue weighted by Crippen LogP contribution is 2.16. The van der Waals surface area contributed by atoms with E-state index in [9.17, 15) is 14.0 Å². The van der Waals surface area contributed by atoms with Gasteiger partial charge < -0.3 is 10.4 Å². The van der Waals surface area contributed by atoms with Gasteiger partial charge in [-0.05, 0) is 36.4 Å². The van der Waals surface area contributed by atoms with Gasteiger partial charge in [-0.25, -0.2) is 13.9 Å². The summed E-state index contributed by atoms with van der Waals surface area (Å²) in [5, 5.41) is 15.5. The number of benzene rings is 2. The molecule has 1 heterocycles. The van der Waals surface area contributed by atoms with Crippen LogP contribution in [0.4, 0.5) is 10.1 Å². The van der Waals surface area contributed by atoms with Gasteiger partial charge in [0.2, 0.25) is 5.91 Å². The van der Waals surface area contributed by atoms with Crippen LogP contribution < -0.4 is 5.32 Å². The van der Waals surface area contributed by atoms with E-state index in [2.05, 4.69) is 10.4 Å². The van der Waals surface area contributed by atoms with Crippen molar-refractivity contribution in [1.29, 1.82) is 0 Å². The van der Waals surface area contributed by atoms with Crippen molar-refractivity contribution < 1.29 is 19.1 Å². The molecule has 3 rings (SSSR count). The number of anilines is 1. The van der Waals surface area contributed by atoms with Crippen LogP contribution in [0.2, 0.25) is 0 Å². The van der Waals surface area contributed by atoms with Gasteiger partial charge in [0.15, 0.2) is 0 Å². The van der Waals surface area contributed by atoms with Crippen molar-refractivity contribution in [2.45, 2.75) is 6.42 Å². The quantitative estimate of drug-likeness (QED) is 0.748. The van der Waals surface area contributed by atoms with Crippen LogP contribution in [0.15, 0.2) is 60.8 Å². The van der Waals surface area contributed by atoms with Crippen LogP contribution in [0.25, 0.3) is 5.69 Å². The molecule has 7 heteroatoms. The largest absolute Gasteiger partial charge is 0.478 e. The zero-order valence-electron chi connectivity index (χ0n) is 13.0. The van der Waals surface area contributed by atoms with Gasteiger partial charge in [-0.3, -0.25) is 4.79 Å². The zero-order valence-corrected chi connectivity index (χ0v) is 13.0. The normalized spacial score (nSPS) is 10.4. The number of nitrogens with zero attached hydrogens (tertiary/aromatic N) is 2. The summed E-state index contributed by atoms with van der Waals surface area (Å²) in [6.45, 7) is 0. The fourth-order valence-electron chi connectivity index (χ4n) is 2.29. The molecular formula is C18H14FN3O3. The lowest BCUT2D eigenvalue weighted by Gasteiger charge is -2.06. The highest BCUT2D eigenvalue weighted by molar-refractivity contribution is 5.93. The maximum atomic E-state index is 13.8. The first-order chi connectivity index (χ1) is 12.0. The predicted octanol–water partition coefficient (Wildman–Crippen LogP) is 2.89. The Kier molecular flexibility index (Phi) is 4.56. The van der Waals surface area contributed by atoms with Crippen molar-refractivity contribution in [1.82, 2.24) is 9.78 Å². The molecule has 0 bridgehead atoms. The highest BCUT2D eigenvalue weighted by Gasteiger charge is 2.12. The molecular weight excluding hydrogens is 325 g/mol. The fraction of sp³-hybridized carbons (Fsp3) is 0.0556. The third kappa shape index (κ3) is 3.89. The standard InChI is InChI=1S/C18H14FN3O3/c19-15-10-12(18(24)25)6-7-16(15)20-17(23)11-13-8-9-22(21-13)14-4-2-1-3-5-14/h1-10H,11H2,(H,20,23)(H,24,25). The Morgan fingerprint density at radius 1 is 1.12 bits per heavy atom. The number of aromatic nitrogens is 2. The van der Waals surface area contributed by atoms with Gasteiger partial charge in [0.05, 0.1) is 29.1 Å². The van der Waals surface area contributed by atoms with Gasteiger partial charge in [0.1, 0.15) is 5.82 Å². The summed E-state index contributed by atoms with van der Waals surface area (Å²) in [4.78, 5) is 22.8. The van der Waals surface area contributed by atoms with Crippen molar-refractivity contribution in [2.75, 3.05) is 5.32 Å². The molecule has 0 unspecified atom stereocenters. The lowest BCUT2D eigenvalue weighted by molar-refractivity contribution is -0.115.